The van der Waals surface area contributed by atoms with Crippen molar-refractivity contribution in [3.63, 3.8) is 0 Å². The van der Waals surface area contributed by atoms with E-state index in [9.17, 15) is 4.79 Å². The van der Waals surface area contributed by atoms with E-state index in [1.54, 1.807) is 11.0 Å². The molecular formula is C23H23N9O. The van der Waals surface area contributed by atoms with Gasteiger partial charge in [-0.2, -0.15) is 0 Å². The fourth-order valence-corrected chi connectivity index (χ4v) is 5.03. The second-order valence-corrected chi connectivity index (χ2v) is 8.56. The quantitative estimate of drug-likeness (QED) is 0.518. The van der Waals surface area contributed by atoms with Crippen LogP contribution in [0.2, 0.25) is 0 Å². The third-order valence-corrected chi connectivity index (χ3v) is 6.72. The van der Waals surface area contributed by atoms with E-state index >= 15 is 0 Å². The van der Waals surface area contributed by atoms with E-state index in [4.69, 9.17) is 0 Å². The Labute approximate surface area is 190 Å². The minimum Gasteiger partial charge on any atom is -0.341 e. The van der Waals surface area contributed by atoms with Crippen LogP contribution >= 0.6 is 0 Å². The second kappa shape index (κ2) is 7.80. The third-order valence-electron chi connectivity index (χ3n) is 6.72. The van der Waals surface area contributed by atoms with Crippen molar-refractivity contribution in [2.24, 2.45) is 13.0 Å². The van der Waals surface area contributed by atoms with E-state index in [1.807, 2.05) is 54.1 Å². The summed E-state index contributed by atoms with van der Waals surface area (Å²) in [5, 5.41) is 23.2. The summed E-state index contributed by atoms with van der Waals surface area (Å²) >= 11 is 0. The maximum absolute atomic E-state index is 12.6. The van der Waals surface area contributed by atoms with Gasteiger partial charge in [0.05, 0.1) is 11.6 Å². The molecule has 4 aromatic rings. The summed E-state index contributed by atoms with van der Waals surface area (Å²) in [7, 11) is 1.99. The fraction of sp³-hybridized carbons (Fsp3) is 0.304. The highest BCUT2D eigenvalue weighted by molar-refractivity contribution is 6.03. The van der Waals surface area contributed by atoms with Gasteiger partial charge in [-0.1, -0.05) is 18.2 Å². The van der Waals surface area contributed by atoms with Crippen molar-refractivity contribution >= 4 is 17.5 Å². The van der Waals surface area contributed by atoms with Crippen LogP contribution in [0.3, 0.4) is 0 Å². The molecule has 33 heavy (non-hydrogen) atoms. The Kier molecular flexibility index (Phi) is 4.63. The van der Waals surface area contributed by atoms with Crippen LogP contribution in [0.1, 0.15) is 24.3 Å². The molecule has 2 aliphatic rings. The molecule has 0 bridgehead atoms. The van der Waals surface area contributed by atoms with E-state index < -0.39 is 0 Å². The number of aromatic nitrogens is 7. The average molecular weight is 441 g/mol. The number of nitrogens with zero attached hydrogens (tertiary/aromatic N) is 8. The van der Waals surface area contributed by atoms with Crippen LogP contribution in [0.25, 0.3) is 17.1 Å². The number of piperidine rings is 1. The number of rotatable bonds is 4. The predicted molar refractivity (Wildman–Crippen MR) is 122 cm³/mol. The summed E-state index contributed by atoms with van der Waals surface area (Å²) in [6.07, 6.45) is 3.44. The van der Waals surface area contributed by atoms with Crippen molar-refractivity contribution in [3.05, 3.63) is 60.4 Å². The molecule has 10 nitrogen and oxygen atoms in total. The van der Waals surface area contributed by atoms with E-state index in [2.05, 4.69) is 42.0 Å². The number of tetrazole rings is 1. The summed E-state index contributed by atoms with van der Waals surface area (Å²) in [4.78, 5) is 14.9. The van der Waals surface area contributed by atoms with Crippen molar-refractivity contribution < 1.29 is 4.79 Å². The van der Waals surface area contributed by atoms with Crippen molar-refractivity contribution in [3.8, 4) is 17.1 Å². The standard InChI is InChI=1S/C23H23N9O/c1-30-21(16-6-8-17(9-7-16)32-14-24-28-29-32)26-27-23(30)31-12-10-15(11-13-31)20-18-4-2-3-5-19(18)25-22(20)33/h2-9,14-15,20H,10-13H2,1H3,(H,25,33). The predicted octanol–water partition coefficient (Wildman–Crippen LogP) is 2.41. The van der Waals surface area contributed by atoms with Crippen molar-refractivity contribution in [1.82, 2.24) is 35.0 Å². The van der Waals surface area contributed by atoms with Gasteiger partial charge in [0.2, 0.25) is 11.9 Å². The molecule has 0 radical (unpaired) electrons. The zero-order chi connectivity index (χ0) is 22.4. The minimum atomic E-state index is -0.0582. The van der Waals surface area contributed by atoms with E-state index in [1.165, 1.54) is 0 Å². The number of carbonyl (C=O) groups excluding carboxylic acids is 1. The molecule has 1 atom stereocenters. The van der Waals surface area contributed by atoms with Gasteiger partial charge in [0, 0.05) is 31.4 Å². The van der Waals surface area contributed by atoms with Gasteiger partial charge >= 0.3 is 0 Å². The number of benzene rings is 2. The maximum Gasteiger partial charge on any atom is 0.232 e. The summed E-state index contributed by atoms with van der Waals surface area (Å²) in [5.41, 5.74) is 3.94. The van der Waals surface area contributed by atoms with Gasteiger partial charge in [-0.15, -0.1) is 15.3 Å². The van der Waals surface area contributed by atoms with Gasteiger partial charge in [0.15, 0.2) is 5.82 Å². The Bertz CT molecular complexity index is 1290. The Morgan fingerprint density at radius 2 is 1.79 bits per heavy atom. The number of anilines is 2. The van der Waals surface area contributed by atoms with Crippen LogP contribution in [-0.2, 0) is 11.8 Å². The zero-order valence-electron chi connectivity index (χ0n) is 18.2. The molecule has 1 amide bonds. The molecule has 2 aromatic carbocycles. The van der Waals surface area contributed by atoms with Gasteiger partial charge < -0.3 is 10.2 Å². The first-order valence-electron chi connectivity index (χ1n) is 11.1. The molecule has 1 N–H and O–H groups in total. The van der Waals surface area contributed by atoms with Gasteiger partial charge in [-0.05, 0) is 65.1 Å². The average Bonchev–Trinajstić information content (AvgIpc) is 3.58. The summed E-state index contributed by atoms with van der Waals surface area (Å²) < 4.78 is 3.64. The molecule has 2 aliphatic heterocycles. The van der Waals surface area contributed by atoms with E-state index in [0.717, 1.165) is 60.2 Å². The number of fused-ring (bicyclic) bond motifs is 1. The van der Waals surface area contributed by atoms with Crippen LogP contribution in [0.15, 0.2) is 54.9 Å². The molecule has 1 saturated heterocycles. The van der Waals surface area contributed by atoms with Crippen molar-refractivity contribution in [1.29, 1.82) is 0 Å². The van der Waals surface area contributed by atoms with Crippen LogP contribution in [0.5, 0.6) is 0 Å². The number of hydrogen-bond donors (Lipinski definition) is 1. The number of para-hydroxylation sites is 1. The smallest absolute Gasteiger partial charge is 0.232 e. The normalized spacial score (nSPS) is 18.4. The second-order valence-electron chi connectivity index (χ2n) is 8.56. The first kappa shape index (κ1) is 19.6. The number of amides is 1. The SMILES string of the molecule is Cn1c(-c2ccc(-n3cnnn3)cc2)nnc1N1CCC(C2C(=O)Nc3ccccc32)CC1. The number of hydrogen-bond acceptors (Lipinski definition) is 7. The lowest BCUT2D eigenvalue weighted by Gasteiger charge is -2.34. The summed E-state index contributed by atoms with van der Waals surface area (Å²) in [6.45, 7) is 1.70. The lowest BCUT2D eigenvalue weighted by Crippen LogP contribution is -2.38. The Morgan fingerprint density at radius 1 is 1.00 bits per heavy atom. The first-order chi connectivity index (χ1) is 16.2. The highest BCUT2D eigenvalue weighted by atomic mass is 16.2. The number of nitrogens with one attached hydrogen (secondary N) is 1. The minimum absolute atomic E-state index is 0.0582. The summed E-state index contributed by atoms with van der Waals surface area (Å²) in [6, 6.07) is 15.9. The Balaban J connectivity index is 1.17. The maximum atomic E-state index is 12.6. The monoisotopic (exact) mass is 441 g/mol. The first-order valence-corrected chi connectivity index (χ1v) is 11.1. The van der Waals surface area contributed by atoms with Gasteiger partial charge in [-0.25, -0.2) is 4.68 Å². The van der Waals surface area contributed by atoms with Crippen LogP contribution in [-0.4, -0.2) is 54.0 Å². The fourth-order valence-electron chi connectivity index (χ4n) is 5.03. The Hall–Kier alpha value is -4.08. The topological polar surface area (TPSA) is 107 Å². The largest absolute Gasteiger partial charge is 0.341 e. The van der Waals surface area contributed by atoms with E-state index in [-0.39, 0.29) is 11.8 Å². The van der Waals surface area contributed by atoms with Crippen LogP contribution < -0.4 is 10.2 Å². The van der Waals surface area contributed by atoms with E-state index in [0.29, 0.717) is 5.92 Å². The van der Waals surface area contributed by atoms with Gasteiger partial charge in [0.1, 0.15) is 6.33 Å². The highest BCUT2D eigenvalue weighted by Crippen LogP contribution is 2.41. The molecule has 6 rings (SSSR count). The van der Waals surface area contributed by atoms with Crippen molar-refractivity contribution in [2.45, 2.75) is 18.8 Å². The third kappa shape index (κ3) is 3.34. The molecule has 1 fully saturated rings. The highest BCUT2D eigenvalue weighted by Gasteiger charge is 2.38. The molecule has 1 unspecified atom stereocenters. The molecule has 0 spiro atoms. The number of carbonyl (C=O) groups is 1. The van der Waals surface area contributed by atoms with Crippen LogP contribution in [0, 0.1) is 5.92 Å². The van der Waals surface area contributed by atoms with Gasteiger partial charge in [0.25, 0.3) is 0 Å². The van der Waals surface area contributed by atoms with Crippen molar-refractivity contribution in [2.75, 3.05) is 23.3 Å². The lowest BCUT2D eigenvalue weighted by atomic mass is 9.81. The molecule has 0 saturated carbocycles. The van der Waals surface area contributed by atoms with Gasteiger partial charge in [-0.3, -0.25) is 9.36 Å². The molecular weight excluding hydrogens is 418 g/mol. The molecule has 0 aliphatic carbocycles. The summed E-state index contributed by atoms with van der Waals surface area (Å²) in [5.74, 6) is 2.05. The molecule has 4 heterocycles. The molecule has 2 aromatic heterocycles. The molecule has 10 heteroatoms. The van der Waals surface area contributed by atoms with Crippen LogP contribution in [0.4, 0.5) is 11.6 Å². The lowest BCUT2D eigenvalue weighted by molar-refractivity contribution is -0.118. The zero-order valence-corrected chi connectivity index (χ0v) is 18.2. The molecule has 166 valence electrons. The Morgan fingerprint density at radius 3 is 2.55 bits per heavy atom.